The fourth-order valence-electron chi connectivity index (χ4n) is 2.33. The molecule has 1 unspecified atom stereocenters. The lowest BCUT2D eigenvalue weighted by Gasteiger charge is -2.18. The highest BCUT2D eigenvalue weighted by molar-refractivity contribution is 5.60. The molecule has 0 spiro atoms. The minimum atomic E-state index is -4.94. The molecule has 0 saturated heterocycles. The van der Waals surface area contributed by atoms with Crippen LogP contribution in [0.3, 0.4) is 0 Å². The summed E-state index contributed by atoms with van der Waals surface area (Å²) in [6.45, 7) is 0.807. The maximum Gasteiger partial charge on any atom is 0.433 e. The van der Waals surface area contributed by atoms with Gasteiger partial charge in [0.15, 0.2) is 0 Å². The van der Waals surface area contributed by atoms with Gasteiger partial charge in [0.2, 0.25) is 23.8 Å². The van der Waals surface area contributed by atoms with Crippen LogP contribution < -0.4 is 21.7 Å². The van der Waals surface area contributed by atoms with Crippen molar-refractivity contribution in [1.82, 2.24) is 24.9 Å². The molecule has 3 aromatic heterocycles. The first kappa shape index (κ1) is 23.7. The monoisotopic (exact) mass is 477 g/mol. The van der Waals surface area contributed by atoms with Gasteiger partial charge < -0.3 is 21.7 Å². The molecule has 1 atom stereocenters. The second-order valence-corrected chi connectivity index (χ2v) is 6.49. The Balaban J connectivity index is 1.97. The zero-order valence-corrected chi connectivity index (χ0v) is 16.4. The van der Waals surface area contributed by atoms with Gasteiger partial charge in [0.1, 0.15) is 17.6 Å². The number of halogens is 7. The van der Waals surface area contributed by atoms with Crippen molar-refractivity contribution in [3.8, 4) is 0 Å². The third-order valence-corrected chi connectivity index (χ3v) is 3.85. The van der Waals surface area contributed by atoms with E-state index in [1.807, 2.05) is 5.32 Å². The summed E-state index contributed by atoms with van der Waals surface area (Å²) in [7, 11) is 0. The molecule has 3 aromatic rings. The number of aromatic nitrogens is 5. The number of alkyl halides is 6. The summed E-state index contributed by atoms with van der Waals surface area (Å²) in [5, 5.41) is 6.99. The van der Waals surface area contributed by atoms with Gasteiger partial charge in [-0.15, -0.1) is 0 Å². The molecule has 16 heteroatoms. The molecular weight excluding hydrogens is 463 g/mol. The number of nitrogens with one attached hydrogen (secondary N) is 3. The molecule has 176 valence electrons. The van der Waals surface area contributed by atoms with E-state index in [9.17, 15) is 30.7 Å². The molecule has 5 N–H and O–H groups in total. The van der Waals surface area contributed by atoms with Crippen LogP contribution >= 0.6 is 0 Å². The van der Waals surface area contributed by atoms with Crippen LogP contribution in [-0.4, -0.2) is 37.1 Å². The summed E-state index contributed by atoms with van der Waals surface area (Å²) in [6.07, 6.45) is -8.26. The zero-order valence-electron chi connectivity index (χ0n) is 16.4. The minimum Gasteiger partial charge on any atom is -0.384 e. The summed E-state index contributed by atoms with van der Waals surface area (Å²) in [6, 6.07) is 1.85. The topological polar surface area (TPSA) is 127 Å². The Kier molecular flexibility index (Phi) is 6.37. The summed E-state index contributed by atoms with van der Waals surface area (Å²) < 4.78 is 91.1. The predicted molar refractivity (Wildman–Crippen MR) is 103 cm³/mol. The van der Waals surface area contributed by atoms with Gasteiger partial charge in [-0.2, -0.15) is 45.7 Å². The number of pyridine rings is 2. The third kappa shape index (κ3) is 6.50. The van der Waals surface area contributed by atoms with Gasteiger partial charge in [-0.1, -0.05) is 0 Å². The number of nitrogen functional groups attached to an aromatic ring is 1. The van der Waals surface area contributed by atoms with E-state index in [2.05, 4.69) is 35.6 Å². The average Bonchev–Trinajstić information content (AvgIpc) is 2.66. The van der Waals surface area contributed by atoms with Gasteiger partial charge in [-0.05, 0) is 19.1 Å². The summed E-state index contributed by atoms with van der Waals surface area (Å²) in [5.41, 5.74) is 3.89. The maximum atomic E-state index is 13.6. The maximum absolute atomic E-state index is 13.6. The molecule has 3 rings (SSSR count). The molecule has 3 heterocycles. The minimum absolute atomic E-state index is 0.114. The summed E-state index contributed by atoms with van der Waals surface area (Å²) >= 11 is 0. The van der Waals surface area contributed by atoms with E-state index in [4.69, 9.17) is 5.73 Å². The molecule has 33 heavy (non-hydrogen) atoms. The highest BCUT2D eigenvalue weighted by Gasteiger charge is 2.37. The Morgan fingerprint density at radius 2 is 1.45 bits per heavy atom. The Morgan fingerprint density at radius 3 is 2.03 bits per heavy atom. The van der Waals surface area contributed by atoms with E-state index < -0.39 is 47.6 Å². The fourth-order valence-corrected chi connectivity index (χ4v) is 2.33. The van der Waals surface area contributed by atoms with E-state index in [1.54, 1.807) is 0 Å². The Morgan fingerprint density at radius 1 is 0.848 bits per heavy atom. The quantitative estimate of drug-likeness (QED) is 0.304. The molecule has 0 aliphatic carbocycles. The SMILES string of the molecule is CC(Nc1nc(Nc2ccnc(N)c2)nc(Nc2cc(F)nc(C(F)(F)F)c2)n1)C(F)(F)F. The first-order valence-corrected chi connectivity index (χ1v) is 8.89. The van der Waals surface area contributed by atoms with Crippen LogP contribution in [-0.2, 0) is 6.18 Å². The molecule has 0 aliphatic rings. The van der Waals surface area contributed by atoms with Gasteiger partial charge in [-0.3, -0.25) is 0 Å². The normalized spacial score (nSPS) is 12.8. The Labute approximate surface area is 180 Å². The van der Waals surface area contributed by atoms with Crippen LogP contribution in [0.15, 0.2) is 30.5 Å². The van der Waals surface area contributed by atoms with E-state index in [0.717, 1.165) is 6.92 Å². The van der Waals surface area contributed by atoms with Crippen LogP contribution in [0, 0.1) is 5.95 Å². The molecular formula is C17H14F7N9. The van der Waals surface area contributed by atoms with Crippen molar-refractivity contribution in [3.05, 3.63) is 42.1 Å². The largest absolute Gasteiger partial charge is 0.433 e. The van der Waals surface area contributed by atoms with Crippen molar-refractivity contribution in [1.29, 1.82) is 0 Å². The van der Waals surface area contributed by atoms with Crippen molar-refractivity contribution in [2.75, 3.05) is 21.7 Å². The van der Waals surface area contributed by atoms with Gasteiger partial charge >= 0.3 is 12.4 Å². The highest BCUT2D eigenvalue weighted by atomic mass is 19.4. The molecule has 9 nitrogen and oxygen atoms in total. The number of hydrogen-bond donors (Lipinski definition) is 4. The van der Waals surface area contributed by atoms with Crippen molar-refractivity contribution in [2.24, 2.45) is 0 Å². The van der Waals surface area contributed by atoms with E-state index in [1.165, 1.54) is 18.3 Å². The van der Waals surface area contributed by atoms with E-state index in [-0.39, 0.29) is 11.8 Å². The number of nitrogens with zero attached hydrogens (tertiary/aromatic N) is 5. The highest BCUT2D eigenvalue weighted by Crippen LogP contribution is 2.30. The third-order valence-electron chi connectivity index (χ3n) is 3.85. The smallest absolute Gasteiger partial charge is 0.384 e. The summed E-state index contributed by atoms with van der Waals surface area (Å²) in [4.78, 5) is 18.0. The van der Waals surface area contributed by atoms with Crippen LogP contribution in [0.2, 0.25) is 0 Å². The van der Waals surface area contributed by atoms with Crippen LogP contribution in [0.5, 0.6) is 0 Å². The van der Waals surface area contributed by atoms with Gasteiger partial charge in [0.25, 0.3) is 0 Å². The van der Waals surface area contributed by atoms with Crippen molar-refractivity contribution < 1.29 is 30.7 Å². The average molecular weight is 477 g/mol. The molecule has 0 bridgehead atoms. The predicted octanol–water partition coefficient (Wildman–Crippen LogP) is 4.25. The summed E-state index contributed by atoms with van der Waals surface area (Å²) in [5.74, 6) is -2.67. The van der Waals surface area contributed by atoms with Crippen LogP contribution in [0.4, 0.5) is 65.8 Å². The van der Waals surface area contributed by atoms with Crippen molar-refractivity contribution in [2.45, 2.75) is 25.3 Å². The number of nitrogens with two attached hydrogens (primary N) is 1. The standard InChI is InChI=1S/C17H14F7N9/c1-7(16(19,20)21)27-13-31-14(28-8-2-3-26-12(25)6-8)33-15(32-13)29-9-4-10(17(22,23)24)30-11(18)5-9/h2-7H,1H3,(H5,25,26,27,28,29,30,31,32,33). The molecule has 0 saturated carbocycles. The second kappa shape index (κ2) is 8.87. The Bertz CT molecular complexity index is 1130. The van der Waals surface area contributed by atoms with Crippen LogP contribution in [0.25, 0.3) is 0 Å². The van der Waals surface area contributed by atoms with Gasteiger partial charge in [0.05, 0.1) is 0 Å². The molecule has 0 aliphatic heterocycles. The fraction of sp³-hybridized carbons (Fsp3) is 0.235. The lowest BCUT2D eigenvalue weighted by molar-refractivity contribution is -0.141. The lowest BCUT2D eigenvalue weighted by atomic mass is 10.3. The van der Waals surface area contributed by atoms with Crippen LogP contribution in [0.1, 0.15) is 12.6 Å². The van der Waals surface area contributed by atoms with Gasteiger partial charge in [-0.25, -0.2) is 9.97 Å². The van der Waals surface area contributed by atoms with Gasteiger partial charge in [0, 0.05) is 29.7 Å². The Hall–Kier alpha value is -3.98. The second-order valence-electron chi connectivity index (χ2n) is 6.49. The number of rotatable bonds is 6. The van der Waals surface area contributed by atoms with E-state index in [0.29, 0.717) is 17.8 Å². The van der Waals surface area contributed by atoms with Crippen molar-refractivity contribution >= 4 is 35.0 Å². The molecule has 0 amide bonds. The first-order valence-electron chi connectivity index (χ1n) is 8.89. The zero-order chi connectivity index (χ0) is 24.4. The van der Waals surface area contributed by atoms with E-state index >= 15 is 0 Å². The molecule has 0 fully saturated rings. The first-order chi connectivity index (χ1) is 15.3. The lowest BCUT2D eigenvalue weighted by Crippen LogP contribution is -2.34. The number of hydrogen-bond acceptors (Lipinski definition) is 9. The molecule has 0 radical (unpaired) electrons. The number of anilines is 6. The molecule has 0 aromatic carbocycles. The van der Waals surface area contributed by atoms with Crippen molar-refractivity contribution in [3.63, 3.8) is 0 Å².